The van der Waals surface area contributed by atoms with Crippen LogP contribution in [0.3, 0.4) is 0 Å². The number of benzene rings is 2. The molecular formula is C19H14F3N5O2. The zero-order valence-corrected chi connectivity index (χ0v) is 14.8. The summed E-state index contributed by atoms with van der Waals surface area (Å²) in [5.74, 6) is -0.362. The molecule has 7 nitrogen and oxygen atoms in total. The van der Waals surface area contributed by atoms with Gasteiger partial charge in [-0.1, -0.05) is 40.7 Å². The second kappa shape index (κ2) is 7.38. The van der Waals surface area contributed by atoms with Gasteiger partial charge in [0.25, 0.3) is 5.91 Å². The first-order chi connectivity index (χ1) is 13.9. The van der Waals surface area contributed by atoms with E-state index in [4.69, 9.17) is 4.84 Å². The van der Waals surface area contributed by atoms with Crippen molar-refractivity contribution in [3.05, 3.63) is 77.1 Å². The molecular weight excluding hydrogens is 387 g/mol. The van der Waals surface area contributed by atoms with Gasteiger partial charge in [0.1, 0.15) is 5.69 Å². The van der Waals surface area contributed by atoms with E-state index in [0.29, 0.717) is 22.5 Å². The zero-order valence-electron chi connectivity index (χ0n) is 14.8. The number of alkyl halides is 3. The minimum atomic E-state index is -4.40. The highest BCUT2D eigenvalue weighted by atomic mass is 19.4. The molecule has 0 aliphatic carbocycles. The van der Waals surface area contributed by atoms with Crippen molar-refractivity contribution in [1.82, 2.24) is 15.0 Å². The van der Waals surface area contributed by atoms with E-state index in [9.17, 15) is 18.0 Å². The quantitative estimate of drug-likeness (QED) is 0.666. The third kappa shape index (κ3) is 4.10. The molecule has 1 aromatic heterocycles. The fourth-order valence-corrected chi connectivity index (χ4v) is 2.87. The predicted molar refractivity (Wildman–Crippen MR) is 97.0 cm³/mol. The maximum atomic E-state index is 12.8. The van der Waals surface area contributed by atoms with Crippen LogP contribution in [0.15, 0.2) is 59.9 Å². The number of rotatable bonds is 5. The van der Waals surface area contributed by atoms with Crippen molar-refractivity contribution in [1.29, 1.82) is 0 Å². The van der Waals surface area contributed by atoms with Gasteiger partial charge in [0.05, 0.1) is 24.0 Å². The van der Waals surface area contributed by atoms with Crippen molar-refractivity contribution >= 4 is 17.3 Å². The lowest BCUT2D eigenvalue weighted by molar-refractivity contribution is -0.137. The highest BCUT2D eigenvalue weighted by Gasteiger charge is 2.30. The number of anilines is 1. The number of hydrogen-bond acceptors (Lipinski definition) is 5. The maximum absolute atomic E-state index is 12.8. The van der Waals surface area contributed by atoms with Gasteiger partial charge in [0, 0.05) is 5.56 Å². The molecule has 0 fully saturated rings. The Balaban J connectivity index is 1.40. The van der Waals surface area contributed by atoms with Crippen molar-refractivity contribution < 1.29 is 22.8 Å². The fourth-order valence-electron chi connectivity index (χ4n) is 2.87. The van der Waals surface area contributed by atoms with E-state index >= 15 is 0 Å². The summed E-state index contributed by atoms with van der Waals surface area (Å²) in [6, 6.07) is 12.1. The van der Waals surface area contributed by atoms with Gasteiger partial charge in [-0.25, -0.2) is 4.68 Å². The Morgan fingerprint density at radius 1 is 1.14 bits per heavy atom. The first-order valence-electron chi connectivity index (χ1n) is 8.56. The van der Waals surface area contributed by atoms with Gasteiger partial charge in [-0.15, -0.1) is 5.10 Å². The normalized spacial score (nSPS) is 14.7. The Hall–Kier alpha value is -3.69. The molecule has 0 bridgehead atoms. The van der Waals surface area contributed by atoms with E-state index in [0.717, 1.165) is 12.1 Å². The monoisotopic (exact) mass is 401 g/mol. The third-order valence-corrected chi connectivity index (χ3v) is 4.20. The molecule has 1 N–H and O–H groups in total. The van der Waals surface area contributed by atoms with Crippen LogP contribution < -0.4 is 5.32 Å². The van der Waals surface area contributed by atoms with Crippen molar-refractivity contribution in [2.24, 2.45) is 5.16 Å². The molecule has 1 aliphatic rings. The fraction of sp³-hybridized carbons (Fsp3) is 0.158. The number of carbonyl (C=O) groups is 1. The second-order valence-corrected chi connectivity index (χ2v) is 6.32. The molecule has 148 valence electrons. The minimum absolute atomic E-state index is 0.0401. The Morgan fingerprint density at radius 2 is 1.97 bits per heavy atom. The highest BCUT2D eigenvalue weighted by Crippen LogP contribution is 2.29. The van der Waals surface area contributed by atoms with E-state index in [1.807, 2.05) is 0 Å². The molecule has 2 aromatic carbocycles. The summed E-state index contributed by atoms with van der Waals surface area (Å²) in [7, 11) is 0. The minimum Gasteiger partial charge on any atom is -0.388 e. The SMILES string of the molecule is O=C1Nc2ccccc2/C1=N\OCc1cn(Cc2cccc(C(F)(F)F)c2)nn1. The van der Waals surface area contributed by atoms with E-state index in [1.165, 1.54) is 10.7 Å². The Kier molecular flexibility index (Phi) is 4.75. The lowest BCUT2D eigenvalue weighted by Crippen LogP contribution is -2.14. The van der Waals surface area contributed by atoms with Crippen LogP contribution in [-0.4, -0.2) is 26.6 Å². The van der Waals surface area contributed by atoms with Gasteiger partial charge in [0.2, 0.25) is 0 Å². The number of oxime groups is 1. The first-order valence-corrected chi connectivity index (χ1v) is 8.56. The average molecular weight is 401 g/mol. The number of fused-ring (bicyclic) bond motifs is 1. The number of carbonyl (C=O) groups excluding carboxylic acids is 1. The molecule has 0 unspecified atom stereocenters. The molecule has 0 radical (unpaired) electrons. The number of hydrogen-bond donors (Lipinski definition) is 1. The van der Waals surface area contributed by atoms with Crippen LogP contribution in [0.5, 0.6) is 0 Å². The molecule has 3 aromatic rings. The van der Waals surface area contributed by atoms with Crippen molar-refractivity contribution in [3.8, 4) is 0 Å². The van der Waals surface area contributed by atoms with Gasteiger partial charge < -0.3 is 10.2 Å². The Labute approximate surface area is 162 Å². The highest BCUT2D eigenvalue weighted by molar-refractivity contribution is 6.53. The summed E-state index contributed by atoms with van der Waals surface area (Å²) < 4.78 is 39.8. The van der Waals surface area contributed by atoms with Gasteiger partial charge in [-0.2, -0.15) is 13.2 Å². The summed E-state index contributed by atoms with van der Waals surface area (Å²) in [5.41, 5.74) is 1.61. The Bertz CT molecular complexity index is 1090. The molecule has 29 heavy (non-hydrogen) atoms. The summed E-state index contributed by atoms with van der Waals surface area (Å²) in [6.07, 6.45) is -2.86. The molecule has 1 aliphatic heterocycles. The maximum Gasteiger partial charge on any atom is 0.416 e. The summed E-state index contributed by atoms with van der Waals surface area (Å²) in [4.78, 5) is 17.2. The van der Waals surface area contributed by atoms with Crippen LogP contribution in [0.2, 0.25) is 0 Å². The van der Waals surface area contributed by atoms with E-state index in [1.54, 1.807) is 36.5 Å². The van der Waals surface area contributed by atoms with Gasteiger partial charge in [-0.3, -0.25) is 4.79 Å². The van der Waals surface area contributed by atoms with Crippen LogP contribution in [0, 0.1) is 0 Å². The molecule has 1 amide bonds. The van der Waals surface area contributed by atoms with Crippen LogP contribution in [0.4, 0.5) is 18.9 Å². The molecule has 0 atom stereocenters. The average Bonchev–Trinajstić information content (AvgIpc) is 3.25. The molecule has 10 heteroatoms. The molecule has 2 heterocycles. The number of halogens is 3. The lowest BCUT2D eigenvalue weighted by Gasteiger charge is -2.08. The van der Waals surface area contributed by atoms with Gasteiger partial charge in [-0.05, 0) is 23.8 Å². The second-order valence-electron chi connectivity index (χ2n) is 6.32. The van der Waals surface area contributed by atoms with E-state index in [-0.39, 0.29) is 24.8 Å². The van der Waals surface area contributed by atoms with Crippen LogP contribution in [-0.2, 0) is 29.0 Å². The summed E-state index contributed by atoms with van der Waals surface area (Å²) in [6.45, 7) is 0.0861. The van der Waals surface area contributed by atoms with E-state index in [2.05, 4.69) is 20.8 Å². The number of amides is 1. The predicted octanol–water partition coefficient (Wildman–Crippen LogP) is 3.22. The van der Waals surface area contributed by atoms with Crippen LogP contribution in [0.25, 0.3) is 0 Å². The van der Waals surface area contributed by atoms with Crippen molar-refractivity contribution in [2.75, 3.05) is 5.32 Å². The standard InChI is InChI=1S/C19H14F3N5O2/c20-19(21,22)13-5-3-4-12(8-13)9-27-10-14(24-26-27)11-29-25-17-15-6-1-2-7-16(15)23-18(17)28/h1-8,10H,9,11H2,(H,23,25,28). The molecule has 0 spiro atoms. The molecule has 4 rings (SSSR count). The Morgan fingerprint density at radius 3 is 2.79 bits per heavy atom. The summed E-state index contributed by atoms with van der Waals surface area (Å²) >= 11 is 0. The zero-order chi connectivity index (χ0) is 20.4. The largest absolute Gasteiger partial charge is 0.416 e. The van der Waals surface area contributed by atoms with E-state index < -0.39 is 11.7 Å². The summed E-state index contributed by atoms with van der Waals surface area (Å²) in [5, 5.41) is 14.3. The van der Waals surface area contributed by atoms with Crippen LogP contribution in [0.1, 0.15) is 22.4 Å². The van der Waals surface area contributed by atoms with Crippen molar-refractivity contribution in [3.63, 3.8) is 0 Å². The lowest BCUT2D eigenvalue weighted by atomic mass is 10.1. The first kappa shape index (κ1) is 18.7. The molecule has 0 saturated heterocycles. The number of aromatic nitrogens is 3. The third-order valence-electron chi connectivity index (χ3n) is 4.20. The number of nitrogens with zero attached hydrogens (tertiary/aromatic N) is 4. The smallest absolute Gasteiger partial charge is 0.388 e. The topological polar surface area (TPSA) is 81.4 Å². The van der Waals surface area contributed by atoms with Crippen LogP contribution >= 0.6 is 0 Å². The van der Waals surface area contributed by atoms with Gasteiger partial charge in [0.15, 0.2) is 12.3 Å². The molecule has 0 saturated carbocycles. The number of para-hydroxylation sites is 1. The van der Waals surface area contributed by atoms with Gasteiger partial charge >= 0.3 is 6.18 Å². The number of nitrogens with one attached hydrogen (secondary N) is 1. The van der Waals surface area contributed by atoms with Crippen molar-refractivity contribution in [2.45, 2.75) is 19.3 Å².